The number of esters is 1. The first-order valence-electron chi connectivity index (χ1n) is 7.85. The average Bonchev–Trinajstić information content (AvgIpc) is 3.01. The van der Waals surface area contributed by atoms with Crippen LogP contribution in [-0.4, -0.2) is 25.0 Å². The van der Waals surface area contributed by atoms with Crippen LogP contribution < -0.4 is 0 Å². The molecule has 0 spiro atoms. The molecule has 24 heavy (non-hydrogen) atoms. The van der Waals surface area contributed by atoms with E-state index in [9.17, 15) is 9.18 Å². The molecule has 1 aliphatic rings. The highest BCUT2D eigenvalue weighted by Crippen LogP contribution is 2.37. The van der Waals surface area contributed by atoms with Crippen LogP contribution in [0.15, 0.2) is 36.4 Å². The number of rotatable bonds is 4. The number of benzene rings is 2. The lowest BCUT2D eigenvalue weighted by Gasteiger charge is -2.26. The maximum absolute atomic E-state index is 13.6. The van der Waals surface area contributed by atoms with Gasteiger partial charge in [0.15, 0.2) is 0 Å². The van der Waals surface area contributed by atoms with E-state index in [1.807, 2.05) is 25.2 Å². The minimum absolute atomic E-state index is 0.170. The second kappa shape index (κ2) is 6.91. The highest BCUT2D eigenvalue weighted by atomic mass is 35.5. The Hall–Kier alpha value is -1.91. The van der Waals surface area contributed by atoms with Crippen molar-refractivity contribution in [3.63, 3.8) is 0 Å². The zero-order valence-corrected chi connectivity index (χ0v) is 14.4. The fourth-order valence-electron chi connectivity index (χ4n) is 3.33. The normalized spacial score (nSPS) is 16.3. The lowest BCUT2D eigenvalue weighted by molar-refractivity contribution is 0.0600. The van der Waals surface area contributed by atoms with E-state index in [0.29, 0.717) is 12.1 Å². The van der Waals surface area contributed by atoms with E-state index < -0.39 is 5.82 Å². The van der Waals surface area contributed by atoms with Crippen LogP contribution in [0, 0.1) is 5.82 Å². The van der Waals surface area contributed by atoms with Gasteiger partial charge in [0.1, 0.15) is 5.82 Å². The molecule has 1 aliphatic carbocycles. The number of carbonyl (C=O) groups excluding carboxylic acids is 1. The standard InChI is InChI=1S/C19H19ClFNO2/c1-22(11-14-4-3-5-16(21)18(14)20)17-9-8-12-6-7-13(10-15(12)17)19(23)24-2/h3-7,10,17H,8-9,11H2,1-2H3. The molecule has 0 aliphatic heterocycles. The molecule has 0 saturated heterocycles. The van der Waals surface area contributed by atoms with Crippen LogP contribution in [0.25, 0.3) is 0 Å². The van der Waals surface area contributed by atoms with Crippen LogP contribution in [0.5, 0.6) is 0 Å². The summed E-state index contributed by atoms with van der Waals surface area (Å²) in [4.78, 5) is 13.9. The van der Waals surface area contributed by atoms with E-state index in [1.165, 1.54) is 18.7 Å². The monoisotopic (exact) mass is 347 g/mol. The van der Waals surface area contributed by atoms with Crippen LogP contribution in [-0.2, 0) is 17.7 Å². The largest absolute Gasteiger partial charge is 0.465 e. The molecule has 2 aromatic carbocycles. The number of halogens is 2. The van der Waals surface area contributed by atoms with Crippen molar-refractivity contribution in [2.24, 2.45) is 0 Å². The Kier molecular flexibility index (Phi) is 4.88. The third-order valence-corrected chi connectivity index (χ3v) is 5.02. The van der Waals surface area contributed by atoms with E-state index in [4.69, 9.17) is 16.3 Å². The summed E-state index contributed by atoms with van der Waals surface area (Å²) < 4.78 is 18.4. The summed E-state index contributed by atoms with van der Waals surface area (Å²) in [6, 6.07) is 10.7. The van der Waals surface area contributed by atoms with E-state index in [2.05, 4.69) is 4.90 Å². The number of methoxy groups -OCH3 is 1. The molecule has 0 radical (unpaired) electrons. The van der Waals surface area contributed by atoms with Crippen LogP contribution >= 0.6 is 11.6 Å². The molecule has 0 bridgehead atoms. The summed E-state index contributed by atoms with van der Waals surface area (Å²) in [5.41, 5.74) is 3.69. The molecule has 2 aromatic rings. The van der Waals surface area contributed by atoms with E-state index >= 15 is 0 Å². The lowest BCUT2D eigenvalue weighted by Crippen LogP contribution is -2.23. The van der Waals surface area contributed by atoms with Crippen molar-refractivity contribution in [3.8, 4) is 0 Å². The summed E-state index contributed by atoms with van der Waals surface area (Å²) >= 11 is 6.07. The first-order chi connectivity index (χ1) is 11.5. The smallest absolute Gasteiger partial charge is 0.337 e. The number of aryl methyl sites for hydroxylation is 1. The van der Waals surface area contributed by atoms with Gasteiger partial charge in [-0.05, 0) is 54.8 Å². The van der Waals surface area contributed by atoms with Crippen LogP contribution in [0.4, 0.5) is 4.39 Å². The number of fused-ring (bicyclic) bond motifs is 1. The van der Waals surface area contributed by atoms with Crippen molar-refractivity contribution in [1.29, 1.82) is 0 Å². The van der Waals surface area contributed by atoms with E-state index in [-0.39, 0.29) is 17.0 Å². The molecular formula is C19H19ClFNO2. The van der Waals surface area contributed by atoms with Crippen LogP contribution in [0.3, 0.4) is 0 Å². The summed E-state index contributed by atoms with van der Waals surface area (Å²) in [6.07, 6.45) is 1.92. The van der Waals surface area contributed by atoms with Gasteiger partial charge in [-0.3, -0.25) is 4.90 Å². The Morgan fingerprint density at radius 1 is 1.38 bits per heavy atom. The minimum atomic E-state index is -0.401. The molecule has 0 heterocycles. The summed E-state index contributed by atoms with van der Waals surface area (Å²) in [5.74, 6) is -0.735. The molecule has 0 saturated carbocycles. The third-order valence-electron chi connectivity index (χ3n) is 4.60. The number of hydrogen-bond donors (Lipinski definition) is 0. The summed E-state index contributed by atoms with van der Waals surface area (Å²) in [6.45, 7) is 0.545. The maximum Gasteiger partial charge on any atom is 0.337 e. The number of nitrogens with zero attached hydrogens (tertiary/aromatic N) is 1. The van der Waals surface area contributed by atoms with Gasteiger partial charge in [0, 0.05) is 12.6 Å². The van der Waals surface area contributed by atoms with Gasteiger partial charge in [0.25, 0.3) is 0 Å². The van der Waals surface area contributed by atoms with Crippen LogP contribution in [0.2, 0.25) is 5.02 Å². The Balaban J connectivity index is 1.84. The molecule has 1 unspecified atom stereocenters. The van der Waals surface area contributed by atoms with Crippen molar-refractivity contribution in [1.82, 2.24) is 4.90 Å². The Morgan fingerprint density at radius 3 is 2.92 bits per heavy atom. The molecule has 5 heteroatoms. The summed E-state index contributed by atoms with van der Waals surface area (Å²) in [5, 5.41) is 0.172. The van der Waals surface area contributed by atoms with Gasteiger partial charge in [0.2, 0.25) is 0 Å². The van der Waals surface area contributed by atoms with E-state index in [0.717, 1.165) is 24.0 Å². The fourth-order valence-corrected chi connectivity index (χ4v) is 3.52. The molecule has 0 N–H and O–H groups in total. The number of hydrogen-bond acceptors (Lipinski definition) is 3. The zero-order chi connectivity index (χ0) is 17.3. The quantitative estimate of drug-likeness (QED) is 0.768. The average molecular weight is 348 g/mol. The number of ether oxygens (including phenoxy) is 1. The maximum atomic E-state index is 13.6. The topological polar surface area (TPSA) is 29.5 Å². The lowest BCUT2D eigenvalue weighted by atomic mass is 10.0. The molecule has 0 amide bonds. The van der Waals surface area contributed by atoms with E-state index in [1.54, 1.807) is 12.1 Å². The molecule has 3 rings (SSSR count). The van der Waals surface area contributed by atoms with Crippen molar-refractivity contribution in [3.05, 3.63) is 69.5 Å². The third kappa shape index (κ3) is 3.17. The zero-order valence-electron chi connectivity index (χ0n) is 13.7. The molecule has 126 valence electrons. The Morgan fingerprint density at radius 2 is 2.17 bits per heavy atom. The minimum Gasteiger partial charge on any atom is -0.465 e. The van der Waals surface area contributed by atoms with Gasteiger partial charge in [-0.1, -0.05) is 29.8 Å². The molecule has 1 atom stereocenters. The van der Waals surface area contributed by atoms with Gasteiger partial charge in [-0.15, -0.1) is 0 Å². The van der Waals surface area contributed by atoms with Crippen molar-refractivity contribution >= 4 is 17.6 Å². The Labute approximate surface area is 146 Å². The molecule has 3 nitrogen and oxygen atoms in total. The summed E-state index contributed by atoms with van der Waals surface area (Å²) in [7, 11) is 3.37. The fraction of sp³-hybridized carbons (Fsp3) is 0.316. The first-order valence-corrected chi connectivity index (χ1v) is 8.23. The first kappa shape index (κ1) is 16.9. The molecular weight excluding hydrogens is 329 g/mol. The Bertz CT molecular complexity index is 778. The second-order valence-corrected chi connectivity index (χ2v) is 6.47. The number of carbonyl (C=O) groups is 1. The predicted molar refractivity (Wildman–Crippen MR) is 91.7 cm³/mol. The van der Waals surface area contributed by atoms with Gasteiger partial charge in [0.05, 0.1) is 17.7 Å². The van der Waals surface area contributed by atoms with Gasteiger partial charge in [-0.25, -0.2) is 9.18 Å². The van der Waals surface area contributed by atoms with Gasteiger partial charge >= 0.3 is 5.97 Å². The SMILES string of the molecule is COC(=O)c1ccc2c(c1)C(N(C)Cc1cccc(F)c1Cl)CC2. The predicted octanol–water partition coefficient (Wildman–Crippen LogP) is 4.39. The van der Waals surface area contributed by atoms with Crippen molar-refractivity contribution < 1.29 is 13.9 Å². The van der Waals surface area contributed by atoms with Crippen molar-refractivity contribution in [2.75, 3.05) is 14.2 Å². The van der Waals surface area contributed by atoms with Crippen LogP contribution in [0.1, 0.15) is 39.5 Å². The molecule has 0 fully saturated rings. The highest BCUT2D eigenvalue weighted by Gasteiger charge is 2.27. The second-order valence-electron chi connectivity index (χ2n) is 6.09. The highest BCUT2D eigenvalue weighted by molar-refractivity contribution is 6.31. The molecule has 0 aromatic heterocycles. The van der Waals surface area contributed by atoms with Crippen molar-refractivity contribution in [2.45, 2.75) is 25.4 Å². The van der Waals surface area contributed by atoms with Gasteiger partial charge in [-0.2, -0.15) is 0 Å². The van der Waals surface area contributed by atoms with Gasteiger partial charge < -0.3 is 4.74 Å².